The van der Waals surface area contributed by atoms with E-state index in [1.54, 1.807) is 29.2 Å². The zero-order valence-corrected chi connectivity index (χ0v) is 23.0. The highest BCUT2D eigenvalue weighted by Gasteiger charge is 2.38. The standard InChI is InChI=1S/C27H26Cl2N4O4S/c1-14-8-16(25(34)35)9-22-23(14)32-26(38-22)27(36)6-4-17(5-7-27)37-13-21-18(15-2-3-15)10-31-33(21)24-19(28)11-30-12-20(24)29/h8-12,15,17,36H,2-7,13H2,1H3,(H,34,35). The minimum absolute atomic E-state index is 0.0243. The molecule has 38 heavy (non-hydrogen) atoms. The molecular formula is C27H26Cl2N4O4S. The molecule has 198 valence electrons. The van der Waals surface area contributed by atoms with Gasteiger partial charge < -0.3 is 14.9 Å². The first kappa shape index (κ1) is 25.7. The number of hydrogen-bond acceptors (Lipinski definition) is 7. The molecule has 1 aromatic carbocycles. The highest BCUT2D eigenvalue weighted by molar-refractivity contribution is 7.18. The van der Waals surface area contributed by atoms with Crippen LogP contribution in [0.2, 0.25) is 10.0 Å². The normalized spacial score (nSPS) is 21.7. The van der Waals surface area contributed by atoms with E-state index in [1.165, 1.54) is 11.3 Å². The summed E-state index contributed by atoms with van der Waals surface area (Å²) in [6.45, 7) is 2.21. The Bertz CT molecular complexity index is 1520. The third-order valence-corrected chi connectivity index (χ3v) is 9.25. The lowest BCUT2D eigenvalue weighted by atomic mass is 9.83. The molecule has 0 bridgehead atoms. The Morgan fingerprint density at radius 2 is 1.87 bits per heavy atom. The molecule has 3 heterocycles. The zero-order chi connectivity index (χ0) is 26.6. The number of ether oxygens (including phenoxy) is 1. The first-order valence-electron chi connectivity index (χ1n) is 12.6. The second-order valence-electron chi connectivity index (χ2n) is 10.2. The van der Waals surface area contributed by atoms with Crippen LogP contribution in [0.1, 0.15) is 76.6 Å². The fourth-order valence-corrected chi connectivity index (χ4v) is 6.98. The number of carbonyl (C=O) groups is 1. The number of benzene rings is 1. The summed E-state index contributed by atoms with van der Waals surface area (Å²) in [5.41, 5.74) is 3.42. The summed E-state index contributed by atoms with van der Waals surface area (Å²) in [6.07, 6.45) is 9.60. The average molecular weight is 574 g/mol. The maximum absolute atomic E-state index is 11.5. The van der Waals surface area contributed by atoms with Gasteiger partial charge in [-0.15, -0.1) is 11.3 Å². The van der Waals surface area contributed by atoms with Crippen molar-refractivity contribution in [1.29, 1.82) is 0 Å². The summed E-state index contributed by atoms with van der Waals surface area (Å²) in [7, 11) is 0. The van der Waals surface area contributed by atoms with Crippen LogP contribution in [0.15, 0.2) is 30.7 Å². The second kappa shape index (κ2) is 9.88. The summed E-state index contributed by atoms with van der Waals surface area (Å²) in [6, 6.07) is 3.25. The van der Waals surface area contributed by atoms with E-state index in [-0.39, 0.29) is 11.7 Å². The van der Waals surface area contributed by atoms with E-state index in [4.69, 9.17) is 32.9 Å². The quantitative estimate of drug-likeness (QED) is 0.263. The lowest BCUT2D eigenvalue weighted by molar-refractivity contribution is -0.0648. The third kappa shape index (κ3) is 4.71. The lowest BCUT2D eigenvalue weighted by Crippen LogP contribution is -2.34. The van der Waals surface area contributed by atoms with Gasteiger partial charge >= 0.3 is 5.97 Å². The van der Waals surface area contributed by atoms with Crippen LogP contribution in [0, 0.1) is 6.92 Å². The highest BCUT2D eigenvalue weighted by Crippen LogP contribution is 2.44. The summed E-state index contributed by atoms with van der Waals surface area (Å²) in [5, 5.41) is 26.9. The number of halogens is 2. The van der Waals surface area contributed by atoms with Gasteiger partial charge in [-0.1, -0.05) is 23.2 Å². The van der Waals surface area contributed by atoms with Crippen molar-refractivity contribution in [2.24, 2.45) is 0 Å². The Hall–Kier alpha value is -2.56. The van der Waals surface area contributed by atoms with E-state index < -0.39 is 11.6 Å². The van der Waals surface area contributed by atoms with Crippen LogP contribution in [0.5, 0.6) is 0 Å². The van der Waals surface area contributed by atoms with E-state index in [9.17, 15) is 15.0 Å². The van der Waals surface area contributed by atoms with E-state index in [1.807, 2.05) is 13.1 Å². The topological polar surface area (TPSA) is 110 Å². The summed E-state index contributed by atoms with van der Waals surface area (Å²) >= 11 is 14.2. The van der Waals surface area contributed by atoms with Crippen molar-refractivity contribution in [2.75, 3.05) is 0 Å². The SMILES string of the molecule is Cc1cc(C(=O)O)cc2sc(C3(O)CCC(OCc4c(C5CC5)cnn4-c4c(Cl)cncc4Cl)CC3)nc12. The Morgan fingerprint density at radius 3 is 2.53 bits per heavy atom. The summed E-state index contributed by atoms with van der Waals surface area (Å²) in [5.74, 6) is -0.497. The molecule has 8 nitrogen and oxygen atoms in total. The predicted molar refractivity (Wildman–Crippen MR) is 146 cm³/mol. The number of nitrogens with zero attached hydrogens (tertiary/aromatic N) is 4. The van der Waals surface area contributed by atoms with Crippen LogP contribution >= 0.6 is 34.5 Å². The Labute approximate surface area is 233 Å². The molecule has 2 saturated carbocycles. The number of rotatable bonds is 7. The molecule has 2 aliphatic rings. The number of aliphatic hydroxyl groups is 1. The molecule has 0 spiro atoms. The number of pyridine rings is 1. The van der Waals surface area contributed by atoms with Gasteiger partial charge in [-0.2, -0.15) is 5.10 Å². The maximum Gasteiger partial charge on any atom is 0.335 e. The number of aryl methyl sites for hydroxylation is 1. The van der Waals surface area contributed by atoms with Gasteiger partial charge in [0, 0.05) is 12.4 Å². The van der Waals surface area contributed by atoms with Gasteiger partial charge in [-0.3, -0.25) is 4.98 Å². The van der Waals surface area contributed by atoms with Crippen LogP contribution < -0.4 is 0 Å². The molecule has 2 fully saturated rings. The van der Waals surface area contributed by atoms with Crippen LogP contribution in [0.4, 0.5) is 0 Å². The van der Waals surface area contributed by atoms with Gasteiger partial charge in [-0.25, -0.2) is 14.5 Å². The molecule has 2 aliphatic carbocycles. The van der Waals surface area contributed by atoms with Gasteiger partial charge in [0.25, 0.3) is 0 Å². The fraction of sp³-hybridized carbons (Fsp3) is 0.407. The molecule has 6 rings (SSSR count). The van der Waals surface area contributed by atoms with Gasteiger partial charge in [0.1, 0.15) is 16.3 Å². The van der Waals surface area contributed by atoms with E-state index >= 15 is 0 Å². The van der Waals surface area contributed by atoms with Crippen molar-refractivity contribution in [3.63, 3.8) is 0 Å². The molecule has 0 radical (unpaired) electrons. The van der Waals surface area contributed by atoms with Crippen LogP contribution in [-0.2, 0) is 16.9 Å². The number of hydrogen-bond donors (Lipinski definition) is 2. The van der Waals surface area contributed by atoms with Crippen molar-refractivity contribution in [3.8, 4) is 5.69 Å². The minimum Gasteiger partial charge on any atom is -0.478 e. The first-order valence-corrected chi connectivity index (χ1v) is 14.2. The van der Waals surface area contributed by atoms with Crippen molar-refractivity contribution in [3.05, 3.63) is 68.2 Å². The zero-order valence-electron chi connectivity index (χ0n) is 20.7. The molecule has 11 heteroatoms. The monoisotopic (exact) mass is 572 g/mol. The van der Waals surface area contributed by atoms with Crippen molar-refractivity contribution in [2.45, 2.75) is 69.7 Å². The van der Waals surface area contributed by atoms with Gasteiger partial charge in [0.15, 0.2) is 0 Å². The van der Waals surface area contributed by atoms with Gasteiger partial charge in [-0.05, 0) is 74.6 Å². The van der Waals surface area contributed by atoms with Gasteiger partial charge in [0.2, 0.25) is 0 Å². The summed E-state index contributed by atoms with van der Waals surface area (Å²) in [4.78, 5) is 20.2. The lowest BCUT2D eigenvalue weighted by Gasteiger charge is -2.34. The smallest absolute Gasteiger partial charge is 0.335 e. The van der Waals surface area contributed by atoms with Crippen molar-refractivity contribution >= 4 is 50.7 Å². The predicted octanol–water partition coefficient (Wildman–Crippen LogP) is 6.41. The Kier molecular flexibility index (Phi) is 6.68. The molecule has 0 unspecified atom stereocenters. The van der Waals surface area contributed by atoms with Crippen molar-refractivity contribution < 1.29 is 19.7 Å². The van der Waals surface area contributed by atoms with Crippen LogP contribution in [-0.4, -0.2) is 42.0 Å². The van der Waals surface area contributed by atoms with Crippen molar-refractivity contribution in [1.82, 2.24) is 19.7 Å². The fourth-order valence-electron chi connectivity index (χ4n) is 5.23. The maximum atomic E-state index is 11.5. The minimum atomic E-state index is -1.06. The molecule has 0 aliphatic heterocycles. The Balaban J connectivity index is 1.18. The second-order valence-corrected chi connectivity index (χ2v) is 12.0. The summed E-state index contributed by atoms with van der Waals surface area (Å²) < 4.78 is 8.93. The number of carboxylic acid groups (broad SMARTS) is 1. The molecule has 2 N–H and O–H groups in total. The van der Waals surface area contributed by atoms with E-state index in [2.05, 4.69) is 10.1 Å². The third-order valence-electron chi connectivity index (χ3n) is 7.50. The van der Waals surface area contributed by atoms with E-state index in [0.717, 1.165) is 39.9 Å². The number of aromatic nitrogens is 4. The van der Waals surface area contributed by atoms with Gasteiger partial charge in [0.05, 0.1) is 50.4 Å². The number of fused-ring (bicyclic) bond motifs is 1. The number of carboxylic acids is 1. The van der Waals surface area contributed by atoms with Crippen LogP contribution in [0.3, 0.4) is 0 Å². The van der Waals surface area contributed by atoms with Crippen LogP contribution in [0.25, 0.3) is 15.9 Å². The number of aromatic carboxylic acids is 1. The molecule has 0 amide bonds. The van der Waals surface area contributed by atoms with E-state index in [0.29, 0.717) is 58.9 Å². The Morgan fingerprint density at radius 1 is 1.16 bits per heavy atom. The highest BCUT2D eigenvalue weighted by atomic mass is 35.5. The largest absolute Gasteiger partial charge is 0.478 e. The molecule has 4 aromatic rings. The molecule has 3 aromatic heterocycles. The molecule has 0 atom stereocenters. The average Bonchev–Trinajstić information content (AvgIpc) is 3.48. The number of thiazole rings is 1. The molecular weight excluding hydrogens is 547 g/mol. The first-order chi connectivity index (χ1) is 18.2. The molecule has 0 saturated heterocycles.